The van der Waals surface area contributed by atoms with Crippen molar-refractivity contribution in [2.75, 3.05) is 19.6 Å². The lowest BCUT2D eigenvalue weighted by molar-refractivity contribution is 0.164. The van der Waals surface area contributed by atoms with Crippen LogP contribution in [0.2, 0.25) is 0 Å². The Kier molecular flexibility index (Phi) is 3.46. The van der Waals surface area contributed by atoms with Crippen LogP contribution in [0.1, 0.15) is 44.9 Å². The summed E-state index contributed by atoms with van der Waals surface area (Å²) in [5.74, 6) is 1.26. The highest BCUT2D eigenvalue weighted by Gasteiger charge is 2.34. The van der Waals surface area contributed by atoms with Crippen LogP contribution in [-0.4, -0.2) is 31.3 Å². The van der Waals surface area contributed by atoms with Crippen molar-refractivity contribution in [3.63, 3.8) is 0 Å². The van der Waals surface area contributed by atoms with Crippen LogP contribution in [0, 0.1) is 0 Å². The Labute approximate surface area is 109 Å². The summed E-state index contributed by atoms with van der Waals surface area (Å²) in [6.07, 6.45) is 7.19. The highest BCUT2D eigenvalue weighted by molar-refractivity contribution is 5.18. The minimum atomic E-state index is -0.948. The summed E-state index contributed by atoms with van der Waals surface area (Å²) in [7, 11) is 0. The maximum atomic E-state index is 14.3. The maximum Gasteiger partial charge on any atom is 0.124 e. The molecular weight excluding hydrogens is 229 g/mol. The van der Waals surface area contributed by atoms with Gasteiger partial charge in [-0.05, 0) is 57.1 Å². The van der Waals surface area contributed by atoms with E-state index in [0.717, 1.165) is 19.5 Å². The van der Waals surface area contributed by atoms with Crippen molar-refractivity contribution in [1.29, 1.82) is 0 Å². The van der Waals surface area contributed by atoms with Gasteiger partial charge in [0, 0.05) is 19.1 Å². The first-order valence-corrected chi connectivity index (χ1v) is 7.37. The molecule has 0 aliphatic carbocycles. The largest absolute Gasteiger partial charge is 0.372 e. The Balaban J connectivity index is 1.51. The van der Waals surface area contributed by atoms with E-state index in [1.807, 2.05) is 0 Å². The summed E-state index contributed by atoms with van der Waals surface area (Å²) >= 11 is 0. The molecule has 1 fully saturated rings. The molecule has 0 spiro atoms. The summed E-state index contributed by atoms with van der Waals surface area (Å²) in [5, 5.41) is 10.2. The first-order valence-electron chi connectivity index (χ1n) is 7.37. The van der Waals surface area contributed by atoms with Crippen molar-refractivity contribution in [2.24, 2.45) is 0 Å². The minimum Gasteiger partial charge on any atom is -0.372 e. The Morgan fingerprint density at radius 3 is 3.06 bits per heavy atom. The van der Waals surface area contributed by atoms with Gasteiger partial charge in [-0.25, -0.2) is 4.39 Å². The second kappa shape index (κ2) is 5.08. The molecule has 2 atom stereocenters. The fourth-order valence-corrected chi connectivity index (χ4v) is 3.37. The molecule has 3 aliphatic heterocycles. The molecule has 0 bridgehead atoms. The van der Waals surface area contributed by atoms with E-state index in [0.29, 0.717) is 25.4 Å². The third kappa shape index (κ3) is 2.63. The molecule has 1 saturated heterocycles. The molecule has 102 valence electrons. The number of hydrogen-bond acceptors (Lipinski definition) is 3. The second-order valence-electron chi connectivity index (χ2n) is 6.01. The monoisotopic (exact) mass is 253 g/mol. The summed E-state index contributed by atoms with van der Waals surface area (Å²) in [5.41, 5.74) is 0.603. The maximum absolute atomic E-state index is 14.3. The van der Waals surface area contributed by atoms with E-state index in [1.54, 1.807) is 5.57 Å². The molecule has 0 aromatic heterocycles. The van der Waals surface area contributed by atoms with Crippen LogP contribution in [0.4, 0.5) is 4.39 Å². The first-order chi connectivity index (χ1) is 8.75. The Hall–Kier alpha value is -0.770. The zero-order valence-corrected chi connectivity index (χ0v) is 11.0. The van der Waals surface area contributed by atoms with Gasteiger partial charge in [-0.2, -0.15) is 0 Å². The number of rotatable bonds is 3. The normalized spacial score (nSPS) is 35.9. The predicted octanol–water partition coefficient (Wildman–Crippen LogP) is 1.82. The van der Waals surface area contributed by atoms with E-state index in [1.165, 1.54) is 31.5 Å². The zero-order chi connectivity index (χ0) is 12.4. The highest BCUT2D eigenvalue weighted by atomic mass is 19.1. The molecule has 3 N–H and O–H groups in total. The van der Waals surface area contributed by atoms with Crippen molar-refractivity contribution in [3.8, 4) is 0 Å². The van der Waals surface area contributed by atoms with Crippen molar-refractivity contribution in [1.82, 2.24) is 16.0 Å². The average Bonchev–Trinajstić information content (AvgIpc) is 2.84. The van der Waals surface area contributed by atoms with Crippen LogP contribution >= 0.6 is 0 Å². The molecule has 0 radical (unpaired) electrons. The van der Waals surface area contributed by atoms with Crippen molar-refractivity contribution in [2.45, 2.75) is 56.7 Å². The Morgan fingerprint density at radius 1 is 1.28 bits per heavy atom. The van der Waals surface area contributed by atoms with Crippen molar-refractivity contribution in [3.05, 3.63) is 11.4 Å². The second-order valence-corrected chi connectivity index (χ2v) is 6.01. The molecule has 0 saturated carbocycles. The predicted molar refractivity (Wildman–Crippen MR) is 71.0 cm³/mol. The topological polar surface area (TPSA) is 36.1 Å². The molecule has 4 heteroatoms. The van der Waals surface area contributed by atoms with Gasteiger partial charge < -0.3 is 16.0 Å². The van der Waals surface area contributed by atoms with Crippen molar-refractivity contribution >= 4 is 0 Å². The molecule has 1 unspecified atom stereocenters. The molecular formula is C14H24FN3. The highest BCUT2D eigenvalue weighted by Crippen LogP contribution is 2.30. The van der Waals surface area contributed by atoms with E-state index in [9.17, 15) is 4.39 Å². The molecule has 0 aromatic rings. The number of halogens is 1. The van der Waals surface area contributed by atoms with Gasteiger partial charge in [-0.3, -0.25) is 0 Å². The van der Waals surface area contributed by atoms with Crippen LogP contribution in [0.5, 0.6) is 0 Å². The summed E-state index contributed by atoms with van der Waals surface area (Å²) in [6.45, 7) is 2.47. The van der Waals surface area contributed by atoms with E-state index in [4.69, 9.17) is 0 Å². The standard InChI is InChI=1S/C14H24FN3/c15-14(7-9-16-10-14)6-5-12-4-3-11-2-1-8-17-13(11)18-12/h12,16-18H,1-10H2/t12?,14-/m1/s1. The number of hydrogen-bond donors (Lipinski definition) is 3. The van der Waals surface area contributed by atoms with Crippen LogP contribution in [-0.2, 0) is 0 Å². The van der Waals surface area contributed by atoms with Crippen LogP contribution in [0.3, 0.4) is 0 Å². The molecule has 3 nitrogen and oxygen atoms in total. The minimum absolute atomic E-state index is 0.461. The van der Waals surface area contributed by atoms with Gasteiger partial charge in [0.15, 0.2) is 0 Å². The fraction of sp³-hybridized carbons (Fsp3) is 0.857. The molecule has 0 aromatic carbocycles. The number of allylic oxidation sites excluding steroid dienone is 1. The number of nitrogens with one attached hydrogen (secondary N) is 3. The smallest absolute Gasteiger partial charge is 0.124 e. The fourth-order valence-electron chi connectivity index (χ4n) is 3.37. The SMILES string of the molecule is F[C@]1(CCC2CCC3=C(NCCC3)N2)CCNC1. The molecule has 3 heterocycles. The third-order valence-corrected chi connectivity index (χ3v) is 4.59. The number of alkyl halides is 1. The Bertz CT molecular complexity index is 334. The molecule has 3 rings (SSSR count). The lowest BCUT2D eigenvalue weighted by Gasteiger charge is -2.34. The van der Waals surface area contributed by atoms with Gasteiger partial charge >= 0.3 is 0 Å². The van der Waals surface area contributed by atoms with Crippen molar-refractivity contribution < 1.29 is 4.39 Å². The van der Waals surface area contributed by atoms with E-state index >= 15 is 0 Å². The van der Waals surface area contributed by atoms with E-state index < -0.39 is 5.67 Å². The average molecular weight is 253 g/mol. The molecule has 3 aliphatic rings. The van der Waals surface area contributed by atoms with Gasteiger partial charge in [-0.15, -0.1) is 0 Å². The Morgan fingerprint density at radius 2 is 2.22 bits per heavy atom. The van der Waals surface area contributed by atoms with Gasteiger partial charge in [0.05, 0.1) is 5.82 Å². The molecule has 0 amide bonds. The van der Waals surface area contributed by atoms with Crippen LogP contribution in [0.15, 0.2) is 11.4 Å². The lowest BCUT2D eigenvalue weighted by Crippen LogP contribution is -2.42. The van der Waals surface area contributed by atoms with E-state index in [-0.39, 0.29) is 0 Å². The summed E-state index contributed by atoms with van der Waals surface area (Å²) in [4.78, 5) is 0. The van der Waals surface area contributed by atoms with Gasteiger partial charge in [0.1, 0.15) is 5.67 Å². The quantitative estimate of drug-likeness (QED) is 0.718. The van der Waals surface area contributed by atoms with E-state index in [2.05, 4.69) is 16.0 Å². The van der Waals surface area contributed by atoms with Crippen LogP contribution in [0.25, 0.3) is 0 Å². The lowest BCUT2D eigenvalue weighted by atomic mass is 9.90. The zero-order valence-electron chi connectivity index (χ0n) is 11.0. The molecule has 18 heavy (non-hydrogen) atoms. The van der Waals surface area contributed by atoms with Gasteiger partial charge in [-0.1, -0.05) is 0 Å². The van der Waals surface area contributed by atoms with Gasteiger partial charge in [0.2, 0.25) is 0 Å². The van der Waals surface area contributed by atoms with Gasteiger partial charge in [0.25, 0.3) is 0 Å². The first kappa shape index (κ1) is 12.3. The summed E-state index contributed by atoms with van der Waals surface area (Å²) < 4.78 is 14.3. The van der Waals surface area contributed by atoms with Crippen LogP contribution < -0.4 is 16.0 Å². The third-order valence-electron chi connectivity index (χ3n) is 4.59. The summed E-state index contributed by atoms with van der Waals surface area (Å²) in [6, 6.07) is 0.461.